The van der Waals surface area contributed by atoms with Crippen LogP contribution in [0.2, 0.25) is 0 Å². The minimum Gasteiger partial charge on any atom is -0.195 e. The van der Waals surface area contributed by atoms with Crippen molar-refractivity contribution in [2.24, 2.45) is 4.99 Å². The number of isothiocyanates is 1. The first-order valence-corrected chi connectivity index (χ1v) is 10.5. The quantitative estimate of drug-likeness (QED) is 0.154. The van der Waals surface area contributed by atoms with E-state index in [0.717, 1.165) is 28.5 Å². The van der Waals surface area contributed by atoms with E-state index in [9.17, 15) is 0 Å². The van der Waals surface area contributed by atoms with Crippen LogP contribution in [0.4, 0.5) is 5.69 Å². The van der Waals surface area contributed by atoms with E-state index in [4.69, 9.17) is 0 Å². The average molecular weight is 407 g/mol. The molecular weight excluding hydrogens is 389 g/mol. The highest BCUT2D eigenvalue weighted by Crippen LogP contribution is 2.26. The lowest BCUT2D eigenvalue weighted by Gasteiger charge is -2.05. The number of aliphatic imine (C=N–C) groups is 1. The molecule has 1 unspecified atom stereocenters. The third kappa shape index (κ3) is 4.68. The van der Waals surface area contributed by atoms with Crippen LogP contribution < -0.4 is 0 Å². The van der Waals surface area contributed by atoms with E-state index >= 15 is 0 Å². The summed E-state index contributed by atoms with van der Waals surface area (Å²) >= 11 is 4.65. The second-order valence-corrected chi connectivity index (χ2v) is 7.27. The van der Waals surface area contributed by atoms with Gasteiger partial charge in [-0.15, -0.1) is 9.24 Å². The predicted molar refractivity (Wildman–Crippen MR) is 130 cm³/mol. The van der Waals surface area contributed by atoms with Gasteiger partial charge >= 0.3 is 0 Å². The van der Waals surface area contributed by atoms with Crippen molar-refractivity contribution >= 4 is 43.1 Å². The molecule has 138 valence electrons. The van der Waals surface area contributed by atoms with Crippen LogP contribution in [0.3, 0.4) is 0 Å². The van der Waals surface area contributed by atoms with E-state index in [0.29, 0.717) is 0 Å². The lowest BCUT2D eigenvalue weighted by molar-refractivity contribution is 1.41. The maximum atomic E-state index is 4.65. The first-order valence-electron chi connectivity index (χ1n) is 9.28. The highest BCUT2D eigenvalue weighted by Gasteiger charge is 2.01. The van der Waals surface area contributed by atoms with Gasteiger partial charge in [0.2, 0.25) is 0 Å². The van der Waals surface area contributed by atoms with Crippen LogP contribution in [0.5, 0.6) is 0 Å². The molecule has 0 N–H and O–H groups in total. The second kappa shape index (κ2) is 8.95. The molecule has 0 aliphatic heterocycles. The number of hydrogen-bond donors (Lipinski definition) is 0. The van der Waals surface area contributed by atoms with Crippen LogP contribution in [0.15, 0.2) is 89.9 Å². The van der Waals surface area contributed by atoms with Crippen molar-refractivity contribution in [2.45, 2.75) is 6.16 Å². The molecule has 0 spiro atoms. The SMILES string of the molecule is PCc1ccc(C#Cc2ccc3cc(-c4ccc(N=C=S)cc4)ccc3c2)cc1. The van der Waals surface area contributed by atoms with Crippen LogP contribution in [-0.4, -0.2) is 5.16 Å². The Kier molecular flexibility index (Phi) is 5.95. The van der Waals surface area contributed by atoms with Gasteiger partial charge in [-0.05, 0) is 88.3 Å². The van der Waals surface area contributed by atoms with Crippen molar-refractivity contribution in [1.82, 2.24) is 0 Å². The van der Waals surface area contributed by atoms with Gasteiger partial charge in [0.25, 0.3) is 0 Å². The summed E-state index contributed by atoms with van der Waals surface area (Å²) in [5, 5.41) is 4.77. The highest BCUT2D eigenvalue weighted by molar-refractivity contribution is 7.78. The largest absolute Gasteiger partial charge is 0.195 e. The third-order valence-corrected chi connectivity index (χ3v) is 5.32. The Balaban J connectivity index is 1.60. The van der Waals surface area contributed by atoms with Crippen molar-refractivity contribution in [1.29, 1.82) is 0 Å². The Morgan fingerprint density at radius 2 is 1.31 bits per heavy atom. The lowest BCUT2D eigenvalue weighted by Crippen LogP contribution is -1.82. The second-order valence-electron chi connectivity index (χ2n) is 6.68. The molecule has 0 aliphatic carbocycles. The molecule has 0 fully saturated rings. The van der Waals surface area contributed by atoms with Gasteiger partial charge in [0.05, 0.1) is 10.8 Å². The first-order chi connectivity index (χ1) is 14.2. The minimum atomic E-state index is 0.816. The van der Waals surface area contributed by atoms with E-state index in [-0.39, 0.29) is 0 Å². The Morgan fingerprint density at radius 1 is 0.690 bits per heavy atom. The Bertz CT molecular complexity index is 1270. The monoisotopic (exact) mass is 407 g/mol. The lowest BCUT2D eigenvalue weighted by atomic mass is 10.00. The summed E-state index contributed by atoms with van der Waals surface area (Å²) in [7, 11) is 2.74. The normalized spacial score (nSPS) is 10.1. The van der Waals surface area contributed by atoms with E-state index < -0.39 is 0 Å². The summed E-state index contributed by atoms with van der Waals surface area (Å²) < 4.78 is 0. The van der Waals surface area contributed by atoms with Gasteiger partial charge in [0.15, 0.2) is 0 Å². The standard InChI is InChI=1S/C26H18NPS/c28-17-21-5-2-19(3-6-21)1-4-20-7-8-25-16-24(10-9-23(25)15-20)22-11-13-26(14-12-22)27-18-29/h2-3,5-16H,17,28H2. The van der Waals surface area contributed by atoms with E-state index in [1.165, 1.54) is 21.9 Å². The van der Waals surface area contributed by atoms with Crippen molar-refractivity contribution in [3.8, 4) is 23.0 Å². The number of rotatable bonds is 3. The van der Waals surface area contributed by atoms with Crippen LogP contribution >= 0.6 is 21.5 Å². The molecule has 0 bridgehead atoms. The molecule has 0 saturated carbocycles. The van der Waals surface area contributed by atoms with Gasteiger partial charge in [-0.2, -0.15) is 4.99 Å². The number of benzene rings is 4. The maximum absolute atomic E-state index is 4.65. The topological polar surface area (TPSA) is 12.4 Å². The van der Waals surface area contributed by atoms with Crippen molar-refractivity contribution in [3.63, 3.8) is 0 Å². The van der Waals surface area contributed by atoms with E-state index in [1.807, 2.05) is 12.1 Å². The minimum absolute atomic E-state index is 0.816. The van der Waals surface area contributed by atoms with Crippen LogP contribution in [-0.2, 0) is 6.16 Å². The summed E-state index contributed by atoms with van der Waals surface area (Å²) in [6.45, 7) is 0. The molecule has 4 rings (SSSR count). The van der Waals surface area contributed by atoms with Crippen molar-refractivity contribution in [2.75, 3.05) is 0 Å². The Labute approximate surface area is 178 Å². The predicted octanol–water partition coefficient (Wildman–Crippen LogP) is 7.02. The summed E-state index contributed by atoms with van der Waals surface area (Å²) in [5.41, 5.74) is 6.47. The molecule has 4 aromatic rings. The molecular formula is C26H18NPS. The number of thiocarbonyl (C=S) groups is 1. The van der Waals surface area contributed by atoms with Crippen molar-refractivity contribution in [3.05, 3.63) is 102 Å². The van der Waals surface area contributed by atoms with Crippen LogP contribution in [0.25, 0.3) is 21.9 Å². The maximum Gasteiger partial charge on any atom is 0.0739 e. The summed E-state index contributed by atoms with van der Waals surface area (Å²) in [4.78, 5) is 4.00. The van der Waals surface area contributed by atoms with Gasteiger partial charge in [-0.25, -0.2) is 0 Å². The number of hydrogen-bond acceptors (Lipinski definition) is 2. The smallest absolute Gasteiger partial charge is 0.0739 e. The zero-order chi connectivity index (χ0) is 20.1. The van der Waals surface area contributed by atoms with Gasteiger partial charge in [-0.3, -0.25) is 0 Å². The highest BCUT2D eigenvalue weighted by atomic mass is 32.1. The van der Waals surface area contributed by atoms with Gasteiger partial charge < -0.3 is 0 Å². The average Bonchev–Trinajstić information content (AvgIpc) is 2.78. The Morgan fingerprint density at radius 3 is 2.03 bits per heavy atom. The molecule has 0 aromatic heterocycles. The fraction of sp³-hybridized carbons (Fsp3) is 0.0385. The summed E-state index contributed by atoms with van der Waals surface area (Å²) in [6, 6.07) is 29.2. The number of fused-ring (bicyclic) bond motifs is 1. The van der Waals surface area contributed by atoms with Gasteiger partial charge in [0, 0.05) is 11.1 Å². The number of nitrogens with zero attached hydrogens (tertiary/aromatic N) is 1. The molecule has 0 saturated heterocycles. The fourth-order valence-corrected chi connectivity index (χ4v) is 3.53. The van der Waals surface area contributed by atoms with Gasteiger partial charge in [0.1, 0.15) is 0 Å². The Hall–Kier alpha value is -3.07. The van der Waals surface area contributed by atoms with Gasteiger partial charge in [-0.1, -0.05) is 54.3 Å². The van der Waals surface area contributed by atoms with Crippen LogP contribution in [0, 0.1) is 11.8 Å². The zero-order valence-corrected chi connectivity index (χ0v) is 17.7. The first kappa shape index (κ1) is 19.3. The summed E-state index contributed by atoms with van der Waals surface area (Å²) in [5.74, 6) is 6.53. The van der Waals surface area contributed by atoms with Crippen LogP contribution in [0.1, 0.15) is 16.7 Å². The third-order valence-electron chi connectivity index (χ3n) is 4.76. The molecule has 1 atom stereocenters. The van der Waals surface area contributed by atoms with E-state index in [1.54, 1.807) is 0 Å². The molecule has 0 heterocycles. The molecule has 29 heavy (non-hydrogen) atoms. The molecule has 3 heteroatoms. The van der Waals surface area contributed by atoms with Crippen molar-refractivity contribution < 1.29 is 0 Å². The molecule has 0 aliphatic rings. The molecule has 4 aromatic carbocycles. The van der Waals surface area contributed by atoms with E-state index in [2.05, 4.69) is 116 Å². The molecule has 0 radical (unpaired) electrons. The molecule has 1 nitrogen and oxygen atoms in total. The fourth-order valence-electron chi connectivity index (χ4n) is 3.15. The molecule has 0 amide bonds. The summed E-state index contributed by atoms with van der Waals surface area (Å²) in [6.07, 6.45) is 0.964. The zero-order valence-electron chi connectivity index (χ0n) is 15.7.